The lowest BCUT2D eigenvalue weighted by Crippen LogP contribution is -2.41. The van der Waals surface area contributed by atoms with Crippen LogP contribution in [0.4, 0.5) is 18.3 Å². The Morgan fingerprint density at radius 3 is 2.48 bits per heavy atom. The van der Waals surface area contributed by atoms with Gasteiger partial charge in [0.15, 0.2) is 5.13 Å². The molecule has 1 aliphatic heterocycles. The summed E-state index contributed by atoms with van der Waals surface area (Å²) in [6.07, 6.45) is -2.00. The predicted octanol–water partition coefficient (Wildman–Crippen LogP) is 4.73. The molecule has 12 heteroatoms. The topological polar surface area (TPSA) is 79.4 Å². The number of carbonyl (C=O) groups excluding carboxylic acids is 1. The van der Waals surface area contributed by atoms with Crippen molar-refractivity contribution in [1.82, 2.24) is 9.29 Å². The van der Waals surface area contributed by atoms with Crippen LogP contribution < -0.4 is 5.32 Å². The number of nitrogens with one attached hydrogen (secondary N) is 1. The highest BCUT2D eigenvalue weighted by Crippen LogP contribution is 2.41. The van der Waals surface area contributed by atoms with Crippen molar-refractivity contribution in [3.05, 3.63) is 39.9 Å². The molecule has 1 aliphatic carbocycles. The van der Waals surface area contributed by atoms with E-state index in [1.165, 1.54) is 11.3 Å². The first-order valence-corrected chi connectivity index (χ1v) is 12.4. The van der Waals surface area contributed by atoms with Gasteiger partial charge in [0.05, 0.1) is 21.2 Å². The summed E-state index contributed by atoms with van der Waals surface area (Å²) in [5.41, 5.74) is -0.207. The Kier molecular flexibility index (Phi) is 6.06. The Morgan fingerprint density at radius 2 is 1.87 bits per heavy atom. The second kappa shape index (κ2) is 8.34. The van der Waals surface area contributed by atoms with Gasteiger partial charge in [-0.3, -0.25) is 4.79 Å². The highest BCUT2D eigenvalue weighted by Gasteiger charge is 2.37. The summed E-state index contributed by atoms with van der Waals surface area (Å²) >= 11 is 6.95. The Labute approximate surface area is 186 Å². The van der Waals surface area contributed by atoms with Crippen LogP contribution in [0.3, 0.4) is 0 Å². The van der Waals surface area contributed by atoms with E-state index in [1.807, 2.05) is 5.38 Å². The maximum absolute atomic E-state index is 13.1. The third kappa shape index (κ3) is 4.89. The second-order valence-electron chi connectivity index (χ2n) is 7.66. The number of alkyl halides is 3. The average Bonchev–Trinajstić information content (AvgIpc) is 3.46. The van der Waals surface area contributed by atoms with Gasteiger partial charge in [0, 0.05) is 30.3 Å². The second-order valence-corrected chi connectivity index (χ2v) is 10.9. The van der Waals surface area contributed by atoms with Crippen molar-refractivity contribution in [3.8, 4) is 0 Å². The normalized spacial score (nSPS) is 18.8. The summed E-state index contributed by atoms with van der Waals surface area (Å²) in [7, 11) is -4.14. The van der Waals surface area contributed by atoms with E-state index < -0.39 is 37.6 Å². The molecule has 0 atom stereocenters. The number of halogens is 4. The minimum absolute atomic E-state index is 0.0373. The van der Waals surface area contributed by atoms with Crippen molar-refractivity contribution in [2.24, 2.45) is 5.92 Å². The number of anilines is 1. The van der Waals surface area contributed by atoms with Crippen molar-refractivity contribution < 1.29 is 26.4 Å². The van der Waals surface area contributed by atoms with E-state index in [2.05, 4.69) is 10.3 Å². The largest absolute Gasteiger partial charge is 0.417 e. The number of piperidine rings is 1. The highest BCUT2D eigenvalue weighted by molar-refractivity contribution is 7.89. The van der Waals surface area contributed by atoms with Crippen molar-refractivity contribution >= 4 is 44.0 Å². The van der Waals surface area contributed by atoms with Gasteiger partial charge in [0.2, 0.25) is 15.9 Å². The summed E-state index contributed by atoms with van der Waals surface area (Å²) in [4.78, 5) is 16.5. The van der Waals surface area contributed by atoms with E-state index in [0.717, 1.165) is 35.0 Å². The number of rotatable bonds is 5. The summed E-state index contributed by atoms with van der Waals surface area (Å²) < 4.78 is 66.0. The van der Waals surface area contributed by atoms with E-state index in [-0.39, 0.29) is 31.8 Å². The molecule has 1 saturated heterocycles. The molecule has 168 valence electrons. The van der Waals surface area contributed by atoms with Crippen LogP contribution in [0.5, 0.6) is 0 Å². The van der Waals surface area contributed by atoms with Crippen LogP contribution in [0.25, 0.3) is 0 Å². The molecular formula is C19H19ClF3N3O3S2. The molecule has 6 nitrogen and oxygen atoms in total. The number of aromatic nitrogens is 1. The molecular weight excluding hydrogens is 475 g/mol. The molecule has 2 heterocycles. The summed E-state index contributed by atoms with van der Waals surface area (Å²) in [5.74, 6) is -0.128. The number of sulfonamides is 1. The number of hydrogen-bond donors (Lipinski definition) is 1. The molecule has 31 heavy (non-hydrogen) atoms. The molecule has 0 unspecified atom stereocenters. The summed E-state index contributed by atoms with van der Waals surface area (Å²) in [5, 5.41) is 4.69. The first kappa shape index (κ1) is 22.5. The maximum atomic E-state index is 13.1. The molecule has 1 N–H and O–H groups in total. The SMILES string of the molecule is O=C(Nc1nc(C2CC2)cs1)C1CCN(S(=O)(=O)c2ccc(Cl)c(C(F)(F)F)c2)CC1. The van der Waals surface area contributed by atoms with Crippen molar-refractivity contribution in [1.29, 1.82) is 0 Å². The van der Waals surface area contributed by atoms with Gasteiger partial charge in [0.25, 0.3) is 0 Å². The van der Waals surface area contributed by atoms with E-state index in [9.17, 15) is 26.4 Å². The van der Waals surface area contributed by atoms with E-state index in [4.69, 9.17) is 11.6 Å². The molecule has 0 bridgehead atoms. The molecule has 0 spiro atoms. The smallest absolute Gasteiger partial charge is 0.302 e. The maximum Gasteiger partial charge on any atom is 0.417 e. The third-order valence-electron chi connectivity index (χ3n) is 5.45. The zero-order chi connectivity index (χ0) is 22.4. The van der Waals surface area contributed by atoms with Crippen molar-refractivity contribution in [2.75, 3.05) is 18.4 Å². The van der Waals surface area contributed by atoms with Crippen LogP contribution >= 0.6 is 22.9 Å². The zero-order valence-electron chi connectivity index (χ0n) is 16.2. The van der Waals surface area contributed by atoms with Gasteiger partial charge >= 0.3 is 6.18 Å². The number of hydrogen-bond acceptors (Lipinski definition) is 5. The summed E-state index contributed by atoms with van der Waals surface area (Å²) in [6, 6.07) is 2.55. The molecule has 1 aromatic heterocycles. The molecule has 2 aliphatic rings. The quantitative estimate of drug-likeness (QED) is 0.653. The van der Waals surface area contributed by atoms with Gasteiger partial charge in [-0.2, -0.15) is 17.5 Å². The fourth-order valence-corrected chi connectivity index (χ4v) is 6.02. The fraction of sp³-hybridized carbons (Fsp3) is 0.474. The number of thiazole rings is 1. The molecule has 0 radical (unpaired) electrons. The number of amides is 1. The van der Waals surface area contributed by atoms with E-state index in [0.29, 0.717) is 17.1 Å². The van der Waals surface area contributed by atoms with Crippen LogP contribution in [-0.2, 0) is 21.0 Å². The highest BCUT2D eigenvalue weighted by atomic mass is 35.5. The lowest BCUT2D eigenvalue weighted by molar-refractivity contribution is -0.137. The summed E-state index contributed by atoms with van der Waals surface area (Å²) in [6.45, 7) is 0.0746. The van der Waals surface area contributed by atoms with Crippen LogP contribution in [0.15, 0.2) is 28.5 Å². The van der Waals surface area contributed by atoms with E-state index >= 15 is 0 Å². The van der Waals surface area contributed by atoms with Gasteiger partial charge in [-0.15, -0.1) is 11.3 Å². The fourth-order valence-electron chi connectivity index (χ4n) is 3.51. The average molecular weight is 494 g/mol. The monoisotopic (exact) mass is 493 g/mol. The van der Waals surface area contributed by atoms with Gasteiger partial charge in [-0.25, -0.2) is 13.4 Å². The van der Waals surface area contributed by atoms with Crippen LogP contribution in [0, 0.1) is 5.92 Å². The number of nitrogens with zero attached hydrogens (tertiary/aromatic N) is 2. The minimum Gasteiger partial charge on any atom is -0.302 e. The molecule has 4 rings (SSSR count). The minimum atomic E-state index is -4.76. The van der Waals surface area contributed by atoms with Gasteiger partial charge in [-0.05, 0) is 43.9 Å². The number of benzene rings is 1. The standard InChI is InChI=1S/C19H19ClF3N3O3S2/c20-15-4-3-13(9-14(15)19(21,22)23)31(28,29)26-7-5-12(6-8-26)17(27)25-18-24-16(10-30-18)11-1-2-11/h3-4,9-12H,1-2,5-8H2,(H,24,25,27). The van der Waals surface area contributed by atoms with Crippen LogP contribution in [0.2, 0.25) is 5.02 Å². The lowest BCUT2D eigenvalue weighted by atomic mass is 9.97. The molecule has 1 amide bonds. The molecule has 2 fully saturated rings. The van der Waals surface area contributed by atoms with Gasteiger partial charge < -0.3 is 5.32 Å². The van der Waals surface area contributed by atoms with Gasteiger partial charge in [-0.1, -0.05) is 11.6 Å². The Balaban J connectivity index is 1.40. The van der Waals surface area contributed by atoms with Crippen LogP contribution in [0.1, 0.15) is 42.9 Å². The lowest BCUT2D eigenvalue weighted by Gasteiger charge is -2.30. The van der Waals surface area contributed by atoms with Gasteiger partial charge in [0.1, 0.15) is 0 Å². The van der Waals surface area contributed by atoms with Crippen molar-refractivity contribution in [2.45, 2.75) is 42.7 Å². The first-order chi connectivity index (χ1) is 14.6. The Hall–Kier alpha value is -1.69. The third-order valence-corrected chi connectivity index (χ3v) is 8.45. The predicted molar refractivity (Wildman–Crippen MR) is 111 cm³/mol. The Bertz CT molecular complexity index is 1090. The molecule has 1 saturated carbocycles. The zero-order valence-corrected chi connectivity index (χ0v) is 18.5. The number of carbonyl (C=O) groups is 1. The molecule has 1 aromatic carbocycles. The van der Waals surface area contributed by atoms with Crippen LogP contribution in [-0.4, -0.2) is 36.7 Å². The first-order valence-electron chi connectivity index (χ1n) is 9.69. The molecule has 2 aromatic rings. The Morgan fingerprint density at radius 1 is 1.19 bits per heavy atom. The van der Waals surface area contributed by atoms with Crippen molar-refractivity contribution in [3.63, 3.8) is 0 Å². The van der Waals surface area contributed by atoms with E-state index in [1.54, 1.807) is 0 Å².